The molecule has 0 bridgehead atoms. The highest BCUT2D eigenvalue weighted by Gasteiger charge is 2.32. The Kier molecular flexibility index (Phi) is 5.90. The molecule has 2 nitrogen and oxygen atoms in total. The second-order valence-electron chi connectivity index (χ2n) is 4.45. The predicted molar refractivity (Wildman–Crippen MR) is 65.7 cm³/mol. The minimum Gasteiger partial charge on any atom is -0.329 e. The lowest BCUT2D eigenvalue weighted by molar-refractivity contribution is 0.466. The zero-order chi connectivity index (χ0) is 10.4. The van der Waals surface area contributed by atoms with E-state index in [1.165, 1.54) is 31.6 Å². The molecule has 0 spiro atoms. The average Bonchev–Trinajstić information content (AvgIpc) is 2.88. The second-order valence-corrected chi connectivity index (χ2v) is 5.43. The van der Waals surface area contributed by atoms with Gasteiger partial charge in [0, 0.05) is 12.6 Å². The van der Waals surface area contributed by atoms with E-state index in [4.69, 9.17) is 5.73 Å². The molecule has 0 saturated heterocycles. The molecule has 3 N–H and O–H groups in total. The van der Waals surface area contributed by atoms with E-state index >= 15 is 0 Å². The van der Waals surface area contributed by atoms with Gasteiger partial charge < -0.3 is 11.1 Å². The van der Waals surface area contributed by atoms with Crippen molar-refractivity contribution >= 4 is 11.8 Å². The normalized spacial score (nSPS) is 27.6. The molecule has 1 rings (SSSR count). The van der Waals surface area contributed by atoms with Crippen LogP contribution in [0.4, 0.5) is 0 Å². The van der Waals surface area contributed by atoms with Crippen LogP contribution in [0.1, 0.15) is 26.2 Å². The molecule has 3 atom stereocenters. The van der Waals surface area contributed by atoms with Gasteiger partial charge in [-0.3, -0.25) is 0 Å². The molecule has 84 valence electrons. The molecule has 0 radical (unpaired) electrons. The van der Waals surface area contributed by atoms with E-state index in [2.05, 4.69) is 18.5 Å². The fraction of sp³-hybridized carbons (Fsp3) is 1.00. The van der Waals surface area contributed by atoms with E-state index in [9.17, 15) is 0 Å². The SMILES string of the molecule is CSCCCC(CN)NCC1CC1C. The lowest BCUT2D eigenvalue weighted by Crippen LogP contribution is -2.37. The number of hydrogen-bond donors (Lipinski definition) is 2. The largest absolute Gasteiger partial charge is 0.329 e. The van der Waals surface area contributed by atoms with Crippen molar-refractivity contribution < 1.29 is 0 Å². The summed E-state index contributed by atoms with van der Waals surface area (Å²) in [4.78, 5) is 0. The summed E-state index contributed by atoms with van der Waals surface area (Å²) in [5, 5.41) is 3.59. The molecular formula is C11H24N2S. The van der Waals surface area contributed by atoms with E-state index in [1.54, 1.807) is 0 Å². The Bertz CT molecular complexity index is 152. The molecule has 0 aromatic rings. The van der Waals surface area contributed by atoms with Gasteiger partial charge in [-0.1, -0.05) is 6.92 Å². The first-order valence-electron chi connectivity index (χ1n) is 5.70. The third kappa shape index (κ3) is 4.67. The Morgan fingerprint density at radius 1 is 1.57 bits per heavy atom. The molecule has 0 aliphatic heterocycles. The minimum absolute atomic E-state index is 0.551. The molecule has 0 aromatic carbocycles. The molecule has 0 amide bonds. The smallest absolute Gasteiger partial charge is 0.0190 e. The molecule has 0 aromatic heterocycles. The van der Waals surface area contributed by atoms with Gasteiger partial charge in [0.05, 0.1) is 0 Å². The molecule has 3 unspecified atom stereocenters. The van der Waals surface area contributed by atoms with Gasteiger partial charge in [-0.25, -0.2) is 0 Å². The molecular weight excluding hydrogens is 192 g/mol. The van der Waals surface area contributed by atoms with Crippen molar-refractivity contribution in [2.24, 2.45) is 17.6 Å². The first kappa shape index (κ1) is 12.3. The standard InChI is InChI=1S/C11H24N2S/c1-9-6-10(9)8-13-11(7-12)4-3-5-14-2/h9-11,13H,3-8,12H2,1-2H3. The van der Waals surface area contributed by atoms with E-state index in [1.807, 2.05) is 11.8 Å². The molecule has 1 aliphatic rings. The molecule has 1 aliphatic carbocycles. The van der Waals surface area contributed by atoms with Crippen molar-refractivity contribution in [2.45, 2.75) is 32.2 Å². The summed E-state index contributed by atoms with van der Waals surface area (Å²) < 4.78 is 0. The first-order chi connectivity index (χ1) is 6.77. The fourth-order valence-corrected chi connectivity index (χ4v) is 2.23. The number of rotatable bonds is 8. The number of nitrogens with one attached hydrogen (secondary N) is 1. The Morgan fingerprint density at radius 3 is 2.79 bits per heavy atom. The van der Waals surface area contributed by atoms with Gasteiger partial charge in [0.2, 0.25) is 0 Å². The van der Waals surface area contributed by atoms with Crippen LogP contribution in [0.5, 0.6) is 0 Å². The van der Waals surface area contributed by atoms with Crippen LogP contribution in [-0.4, -0.2) is 31.1 Å². The lowest BCUT2D eigenvalue weighted by atomic mass is 10.1. The monoisotopic (exact) mass is 216 g/mol. The van der Waals surface area contributed by atoms with E-state index < -0.39 is 0 Å². The van der Waals surface area contributed by atoms with Gasteiger partial charge in [-0.15, -0.1) is 0 Å². The van der Waals surface area contributed by atoms with Gasteiger partial charge in [0.25, 0.3) is 0 Å². The van der Waals surface area contributed by atoms with Crippen LogP contribution >= 0.6 is 11.8 Å². The highest BCUT2D eigenvalue weighted by atomic mass is 32.2. The third-order valence-corrected chi connectivity index (χ3v) is 3.83. The van der Waals surface area contributed by atoms with Crippen LogP contribution in [0.2, 0.25) is 0 Å². The fourth-order valence-electron chi connectivity index (χ4n) is 1.78. The van der Waals surface area contributed by atoms with Crippen molar-refractivity contribution in [3.8, 4) is 0 Å². The predicted octanol–water partition coefficient (Wildman–Crippen LogP) is 1.70. The zero-order valence-electron chi connectivity index (χ0n) is 9.46. The average molecular weight is 216 g/mol. The summed E-state index contributed by atoms with van der Waals surface area (Å²) in [6.45, 7) is 4.30. The summed E-state index contributed by atoms with van der Waals surface area (Å²) in [7, 11) is 0. The highest BCUT2D eigenvalue weighted by Crippen LogP contribution is 2.36. The van der Waals surface area contributed by atoms with Crippen LogP contribution in [0.25, 0.3) is 0 Å². The Labute approximate surface area is 92.4 Å². The van der Waals surface area contributed by atoms with Crippen molar-refractivity contribution in [1.82, 2.24) is 5.32 Å². The summed E-state index contributed by atoms with van der Waals surface area (Å²) in [6.07, 6.45) is 6.10. The van der Waals surface area contributed by atoms with Crippen molar-refractivity contribution in [1.29, 1.82) is 0 Å². The maximum absolute atomic E-state index is 5.73. The highest BCUT2D eigenvalue weighted by molar-refractivity contribution is 7.98. The van der Waals surface area contributed by atoms with Gasteiger partial charge in [0.1, 0.15) is 0 Å². The van der Waals surface area contributed by atoms with E-state index in [0.717, 1.165) is 18.4 Å². The summed E-state index contributed by atoms with van der Waals surface area (Å²) >= 11 is 1.92. The van der Waals surface area contributed by atoms with Crippen molar-refractivity contribution in [3.05, 3.63) is 0 Å². The first-order valence-corrected chi connectivity index (χ1v) is 7.09. The Balaban J connectivity index is 1.99. The maximum atomic E-state index is 5.73. The summed E-state index contributed by atoms with van der Waals surface area (Å²) in [5.74, 6) is 3.15. The van der Waals surface area contributed by atoms with Crippen LogP contribution in [-0.2, 0) is 0 Å². The van der Waals surface area contributed by atoms with Crippen LogP contribution < -0.4 is 11.1 Å². The second kappa shape index (κ2) is 6.70. The zero-order valence-corrected chi connectivity index (χ0v) is 10.3. The van der Waals surface area contributed by atoms with E-state index in [0.29, 0.717) is 6.04 Å². The van der Waals surface area contributed by atoms with Crippen LogP contribution in [0.15, 0.2) is 0 Å². The summed E-state index contributed by atoms with van der Waals surface area (Å²) in [6, 6.07) is 0.551. The van der Waals surface area contributed by atoms with Crippen molar-refractivity contribution in [3.63, 3.8) is 0 Å². The molecule has 0 heterocycles. The molecule has 1 fully saturated rings. The van der Waals surface area contributed by atoms with Gasteiger partial charge >= 0.3 is 0 Å². The third-order valence-electron chi connectivity index (χ3n) is 3.13. The van der Waals surface area contributed by atoms with Gasteiger partial charge in [0.15, 0.2) is 0 Å². The molecule has 3 heteroatoms. The minimum atomic E-state index is 0.551. The lowest BCUT2D eigenvalue weighted by Gasteiger charge is -2.16. The van der Waals surface area contributed by atoms with Crippen LogP contribution in [0.3, 0.4) is 0 Å². The van der Waals surface area contributed by atoms with Gasteiger partial charge in [-0.05, 0) is 49.7 Å². The number of nitrogens with two attached hydrogens (primary N) is 1. The van der Waals surface area contributed by atoms with E-state index in [-0.39, 0.29) is 0 Å². The van der Waals surface area contributed by atoms with Crippen molar-refractivity contribution in [2.75, 3.05) is 25.1 Å². The quantitative estimate of drug-likeness (QED) is 0.607. The van der Waals surface area contributed by atoms with Crippen LogP contribution in [0, 0.1) is 11.8 Å². The summed E-state index contributed by atoms with van der Waals surface area (Å²) in [5.41, 5.74) is 5.73. The Hall–Kier alpha value is 0.270. The topological polar surface area (TPSA) is 38.0 Å². The number of hydrogen-bond acceptors (Lipinski definition) is 3. The molecule has 14 heavy (non-hydrogen) atoms. The maximum Gasteiger partial charge on any atom is 0.0190 e. The van der Waals surface area contributed by atoms with Gasteiger partial charge in [-0.2, -0.15) is 11.8 Å². The Morgan fingerprint density at radius 2 is 2.29 bits per heavy atom. The number of thioether (sulfide) groups is 1. The molecule has 1 saturated carbocycles.